The van der Waals surface area contributed by atoms with E-state index in [9.17, 15) is 4.79 Å². The number of nitrogens with one attached hydrogen (secondary N) is 1. The molecule has 0 aliphatic carbocycles. The van der Waals surface area contributed by atoms with Crippen molar-refractivity contribution in [2.24, 2.45) is 5.16 Å². The van der Waals surface area contributed by atoms with E-state index in [4.69, 9.17) is 0 Å². The number of hydrogen-bond acceptors (Lipinski definition) is 5. The van der Waals surface area contributed by atoms with Gasteiger partial charge >= 0.3 is 6.09 Å². The number of amides is 1. The van der Waals surface area contributed by atoms with Gasteiger partial charge in [-0.3, -0.25) is 4.84 Å². The molecular formula is C7H12N2O2S2. The van der Waals surface area contributed by atoms with Crippen LogP contribution in [0.1, 0.15) is 13.8 Å². The fourth-order valence-corrected chi connectivity index (χ4v) is 3.55. The predicted octanol–water partition coefficient (Wildman–Crippen LogP) is 1.87. The van der Waals surface area contributed by atoms with Gasteiger partial charge in [0.2, 0.25) is 0 Å². The van der Waals surface area contributed by atoms with Gasteiger partial charge in [-0.15, -0.1) is 11.8 Å². The SMILES string of the molecule is CNC(=O)O/N=C1/SCSC1(C)C. The Labute approximate surface area is 85.8 Å². The van der Waals surface area contributed by atoms with Gasteiger partial charge in [0.15, 0.2) is 0 Å². The van der Waals surface area contributed by atoms with E-state index >= 15 is 0 Å². The van der Waals surface area contributed by atoms with Gasteiger partial charge < -0.3 is 5.32 Å². The van der Waals surface area contributed by atoms with Crippen molar-refractivity contribution >= 4 is 34.7 Å². The van der Waals surface area contributed by atoms with E-state index in [0.29, 0.717) is 0 Å². The topological polar surface area (TPSA) is 50.7 Å². The minimum Gasteiger partial charge on any atom is -0.323 e. The first-order valence-electron chi connectivity index (χ1n) is 3.80. The molecule has 6 heteroatoms. The van der Waals surface area contributed by atoms with Crippen molar-refractivity contribution in [1.29, 1.82) is 0 Å². The number of oxime groups is 1. The Kier molecular flexibility index (Phi) is 3.49. The van der Waals surface area contributed by atoms with Crippen LogP contribution in [0.25, 0.3) is 0 Å². The first-order chi connectivity index (χ1) is 6.06. The maximum Gasteiger partial charge on any atom is 0.433 e. The lowest BCUT2D eigenvalue weighted by atomic mass is 10.2. The molecule has 1 aliphatic rings. The molecule has 0 atom stereocenters. The van der Waals surface area contributed by atoms with Crippen LogP contribution in [0.3, 0.4) is 0 Å². The Hall–Kier alpha value is -0.360. The molecule has 0 radical (unpaired) electrons. The van der Waals surface area contributed by atoms with Gasteiger partial charge in [0.05, 0.1) is 4.75 Å². The number of carbonyl (C=O) groups is 1. The largest absolute Gasteiger partial charge is 0.433 e. The summed E-state index contributed by atoms with van der Waals surface area (Å²) in [4.78, 5) is 15.3. The van der Waals surface area contributed by atoms with Gasteiger partial charge in [0.25, 0.3) is 0 Å². The van der Waals surface area contributed by atoms with Gasteiger partial charge in [0.1, 0.15) is 5.04 Å². The van der Waals surface area contributed by atoms with Crippen LogP contribution in [0.15, 0.2) is 5.16 Å². The van der Waals surface area contributed by atoms with Crippen molar-refractivity contribution in [3.63, 3.8) is 0 Å². The number of thioether (sulfide) groups is 2. The summed E-state index contributed by atoms with van der Waals surface area (Å²) in [6.45, 7) is 4.12. The summed E-state index contributed by atoms with van der Waals surface area (Å²) in [6, 6.07) is 0. The molecule has 0 saturated carbocycles. The molecule has 0 aromatic heterocycles. The number of hydrogen-bond donors (Lipinski definition) is 1. The summed E-state index contributed by atoms with van der Waals surface area (Å²) in [7, 11) is 1.50. The van der Waals surface area contributed by atoms with E-state index in [1.165, 1.54) is 7.05 Å². The highest BCUT2D eigenvalue weighted by Crippen LogP contribution is 2.41. The maximum atomic E-state index is 10.7. The van der Waals surface area contributed by atoms with E-state index in [1.807, 2.05) is 0 Å². The van der Waals surface area contributed by atoms with Crippen LogP contribution in [0.2, 0.25) is 0 Å². The van der Waals surface area contributed by atoms with Gasteiger partial charge in [-0.25, -0.2) is 4.79 Å². The summed E-state index contributed by atoms with van der Waals surface area (Å²) in [5, 5.41) is 7.95. The fraction of sp³-hybridized carbons (Fsp3) is 0.714. The molecule has 0 aromatic carbocycles. The third-order valence-electron chi connectivity index (χ3n) is 1.55. The zero-order chi connectivity index (χ0) is 9.90. The maximum absolute atomic E-state index is 10.7. The molecule has 1 aliphatic heterocycles. The van der Waals surface area contributed by atoms with Gasteiger partial charge in [0, 0.05) is 12.1 Å². The highest BCUT2D eigenvalue weighted by Gasteiger charge is 2.33. The second kappa shape index (κ2) is 4.23. The third kappa shape index (κ3) is 2.80. The minimum atomic E-state index is -0.527. The molecule has 1 N–H and O–H groups in total. The standard InChI is InChI=1S/C7H12N2O2S2/c1-7(2)5(12-4-13-7)9-11-6(10)8-3/h4H2,1-3H3,(H,8,10)/b9-5+. The van der Waals surface area contributed by atoms with E-state index in [0.717, 1.165) is 10.1 Å². The Morgan fingerprint density at radius 2 is 2.38 bits per heavy atom. The molecule has 4 nitrogen and oxygen atoms in total. The molecule has 1 rings (SSSR count). The molecule has 1 fully saturated rings. The summed E-state index contributed by atoms with van der Waals surface area (Å²) in [5.74, 6) is 0. The monoisotopic (exact) mass is 220 g/mol. The van der Waals surface area contributed by atoms with Crippen LogP contribution >= 0.6 is 23.5 Å². The van der Waals surface area contributed by atoms with Crippen LogP contribution in [-0.4, -0.2) is 28.0 Å². The third-order valence-corrected chi connectivity index (χ3v) is 4.39. The average Bonchev–Trinajstić information content (AvgIpc) is 2.41. The van der Waals surface area contributed by atoms with Crippen molar-refractivity contribution < 1.29 is 9.63 Å². The van der Waals surface area contributed by atoms with Gasteiger partial charge in [-0.1, -0.05) is 16.9 Å². The van der Waals surface area contributed by atoms with Crippen molar-refractivity contribution in [2.45, 2.75) is 18.6 Å². The van der Waals surface area contributed by atoms with Crippen LogP contribution in [0, 0.1) is 0 Å². The van der Waals surface area contributed by atoms with Crippen molar-refractivity contribution in [3.8, 4) is 0 Å². The van der Waals surface area contributed by atoms with Crippen LogP contribution < -0.4 is 5.32 Å². The van der Waals surface area contributed by atoms with Crippen LogP contribution in [0.5, 0.6) is 0 Å². The minimum absolute atomic E-state index is 0.0291. The number of rotatable bonds is 1. The number of carbonyl (C=O) groups excluding carboxylic acids is 1. The molecule has 74 valence electrons. The molecule has 1 saturated heterocycles. The predicted molar refractivity (Wildman–Crippen MR) is 57.1 cm³/mol. The summed E-state index contributed by atoms with van der Waals surface area (Å²) >= 11 is 3.40. The normalized spacial score (nSPS) is 23.2. The van der Waals surface area contributed by atoms with Crippen LogP contribution in [-0.2, 0) is 4.84 Å². The fourth-order valence-electron chi connectivity index (χ4n) is 0.733. The molecule has 1 heterocycles. The highest BCUT2D eigenvalue weighted by atomic mass is 32.2. The second-order valence-corrected chi connectivity index (χ2v) is 5.87. The zero-order valence-corrected chi connectivity index (χ0v) is 9.42. The molecule has 0 unspecified atom stereocenters. The molecule has 0 aromatic rings. The number of nitrogens with zero attached hydrogens (tertiary/aromatic N) is 1. The lowest BCUT2D eigenvalue weighted by Gasteiger charge is -2.14. The van der Waals surface area contributed by atoms with E-state index in [2.05, 4.69) is 29.2 Å². The highest BCUT2D eigenvalue weighted by molar-refractivity contribution is 8.29. The summed E-state index contributed by atoms with van der Waals surface area (Å²) in [5.41, 5.74) is 0. The lowest BCUT2D eigenvalue weighted by Crippen LogP contribution is -2.23. The van der Waals surface area contributed by atoms with E-state index in [-0.39, 0.29) is 4.75 Å². The second-order valence-electron chi connectivity index (χ2n) is 2.94. The first-order valence-corrected chi connectivity index (χ1v) is 5.77. The van der Waals surface area contributed by atoms with Crippen molar-refractivity contribution in [2.75, 3.05) is 12.1 Å². The first kappa shape index (κ1) is 10.7. The summed E-state index contributed by atoms with van der Waals surface area (Å²) in [6.07, 6.45) is -0.527. The van der Waals surface area contributed by atoms with Crippen molar-refractivity contribution in [3.05, 3.63) is 0 Å². The van der Waals surface area contributed by atoms with Crippen LogP contribution in [0.4, 0.5) is 4.79 Å². The molecular weight excluding hydrogens is 208 g/mol. The smallest absolute Gasteiger partial charge is 0.323 e. The zero-order valence-electron chi connectivity index (χ0n) is 7.79. The van der Waals surface area contributed by atoms with E-state index in [1.54, 1.807) is 23.5 Å². The molecule has 1 amide bonds. The Morgan fingerprint density at radius 1 is 1.69 bits per heavy atom. The molecule has 0 spiro atoms. The Bertz CT molecular complexity index is 241. The average molecular weight is 220 g/mol. The van der Waals surface area contributed by atoms with Gasteiger partial charge in [-0.2, -0.15) is 0 Å². The Morgan fingerprint density at radius 3 is 2.85 bits per heavy atom. The summed E-state index contributed by atoms with van der Waals surface area (Å²) < 4.78 is -0.0291. The molecule has 0 bridgehead atoms. The van der Waals surface area contributed by atoms with Gasteiger partial charge in [-0.05, 0) is 13.8 Å². The quantitative estimate of drug-likeness (QED) is 0.541. The lowest BCUT2D eigenvalue weighted by molar-refractivity contribution is 0.153. The Balaban J connectivity index is 2.56. The van der Waals surface area contributed by atoms with E-state index < -0.39 is 6.09 Å². The van der Waals surface area contributed by atoms with Crippen molar-refractivity contribution in [1.82, 2.24) is 5.32 Å². The molecule has 13 heavy (non-hydrogen) atoms.